The minimum absolute atomic E-state index is 0.0128. The van der Waals surface area contributed by atoms with Gasteiger partial charge in [0, 0.05) is 6.54 Å². The molecule has 1 aliphatic rings. The Labute approximate surface area is 126 Å². The zero-order valence-electron chi connectivity index (χ0n) is 13.0. The van der Waals surface area contributed by atoms with Crippen LogP contribution < -0.4 is 9.64 Å². The molecule has 1 heterocycles. The van der Waals surface area contributed by atoms with Gasteiger partial charge in [0.25, 0.3) is 5.91 Å². The maximum Gasteiger partial charge on any atom is 0.268 e. The Kier molecular flexibility index (Phi) is 5.20. The molecule has 0 radical (unpaired) electrons. The lowest BCUT2D eigenvalue weighted by atomic mass is 10.1. The second kappa shape index (κ2) is 6.91. The molecule has 1 amide bonds. The van der Waals surface area contributed by atoms with Crippen LogP contribution in [-0.2, 0) is 11.4 Å². The number of ether oxygens (including phenoxy) is 1. The summed E-state index contributed by atoms with van der Waals surface area (Å²) in [5.41, 5.74) is 1.56. The number of fused-ring (bicyclic) bond motifs is 1. The highest BCUT2D eigenvalue weighted by molar-refractivity contribution is 6.00. The summed E-state index contributed by atoms with van der Waals surface area (Å²) in [6.45, 7) is 3.51. The molecule has 1 atom stereocenters. The van der Waals surface area contributed by atoms with Crippen molar-refractivity contribution in [1.82, 2.24) is 4.90 Å². The zero-order chi connectivity index (χ0) is 15.4. The molecule has 1 aromatic carbocycles. The van der Waals surface area contributed by atoms with E-state index in [0.717, 1.165) is 30.0 Å². The first-order chi connectivity index (χ1) is 10.1. The summed E-state index contributed by atoms with van der Waals surface area (Å²) in [5, 5.41) is 9.29. The van der Waals surface area contributed by atoms with Crippen LogP contribution in [0.2, 0.25) is 0 Å². The topological polar surface area (TPSA) is 53.0 Å². The highest BCUT2D eigenvalue weighted by atomic mass is 16.5. The van der Waals surface area contributed by atoms with Gasteiger partial charge in [-0.15, -0.1) is 0 Å². The smallest absolute Gasteiger partial charge is 0.268 e. The predicted octanol–water partition coefficient (Wildman–Crippen LogP) is 1.63. The van der Waals surface area contributed by atoms with Gasteiger partial charge in [-0.3, -0.25) is 4.79 Å². The standard InChI is InChI=1S/C16H24N2O3/c1-4-14-16(20)18(9-5-8-17(2)3)13-10-12(11-19)6-7-15(13)21-14/h6-7,10,14,19H,4-5,8-9,11H2,1-3H3. The van der Waals surface area contributed by atoms with Gasteiger partial charge in [0.2, 0.25) is 0 Å². The number of rotatable bonds is 6. The first-order valence-electron chi connectivity index (χ1n) is 7.43. The van der Waals surface area contributed by atoms with Crippen LogP contribution in [-0.4, -0.2) is 49.2 Å². The Hall–Kier alpha value is -1.59. The number of nitrogens with zero attached hydrogens (tertiary/aromatic N) is 2. The number of carbonyl (C=O) groups is 1. The Morgan fingerprint density at radius 3 is 2.76 bits per heavy atom. The van der Waals surface area contributed by atoms with Crippen molar-refractivity contribution in [3.8, 4) is 5.75 Å². The van der Waals surface area contributed by atoms with Crippen LogP contribution in [0, 0.1) is 0 Å². The van der Waals surface area contributed by atoms with Crippen LogP contribution in [0.5, 0.6) is 5.75 Å². The van der Waals surface area contributed by atoms with E-state index in [2.05, 4.69) is 4.90 Å². The van der Waals surface area contributed by atoms with Crippen molar-refractivity contribution in [2.45, 2.75) is 32.5 Å². The Morgan fingerprint density at radius 2 is 2.14 bits per heavy atom. The molecule has 0 bridgehead atoms. The molecule has 116 valence electrons. The third-order valence-electron chi connectivity index (χ3n) is 3.67. The highest BCUT2D eigenvalue weighted by Gasteiger charge is 2.33. The number of aliphatic hydroxyl groups is 1. The van der Waals surface area contributed by atoms with Crippen molar-refractivity contribution < 1.29 is 14.6 Å². The molecular weight excluding hydrogens is 268 g/mol. The lowest BCUT2D eigenvalue weighted by Gasteiger charge is -2.34. The van der Waals surface area contributed by atoms with Crippen LogP contribution in [0.3, 0.4) is 0 Å². The molecule has 0 aromatic heterocycles. The summed E-state index contributed by atoms with van der Waals surface area (Å²) < 4.78 is 5.77. The summed E-state index contributed by atoms with van der Waals surface area (Å²) >= 11 is 0. The fourth-order valence-electron chi connectivity index (χ4n) is 2.50. The summed E-state index contributed by atoms with van der Waals surface area (Å²) in [6, 6.07) is 5.52. The van der Waals surface area contributed by atoms with E-state index in [4.69, 9.17) is 4.74 Å². The van der Waals surface area contributed by atoms with E-state index < -0.39 is 6.10 Å². The summed E-state index contributed by atoms with van der Waals surface area (Å²) in [5.74, 6) is 0.738. The number of amides is 1. The van der Waals surface area contributed by atoms with Crippen molar-refractivity contribution in [2.75, 3.05) is 32.1 Å². The molecule has 0 fully saturated rings. The Morgan fingerprint density at radius 1 is 1.38 bits per heavy atom. The number of carbonyl (C=O) groups excluding carboxylic acids is 1. The number of anilines is 1. The number of aliphatic hydroxyl groups excluding tert-OH is 1. The fourth-order valence-corrected chi connectivity index (χ4v) is 2.50. The van der Waals surface area contributed by atoms with Crippen LogP contribution >= 0.6 is 0 Å². The lowest BCUT2D eigenvalue weighted by molar-refractivity contribution is -0.126. The molecule has 1 unspecified atom stereocenters. The van der Waals surface area contributed by atoms with Crippen LogP contribution in [0.4, 0.5) is 5.69 Å². The third kappa shape index (κ3) is 3.54. The summed E-state index contributed by atoms with van der Waals surface area (Å²) in [4.78, 5) is 16.4. The lowest BCUT2D eigenvalue weighted by Crippen LogP contribution is -2.46. The third-order valence-corrected chi connectivity index (χ3v) is 3.67. The molecule has 0 saturated heterocycles. The Balaban J connectivity index is 2.25. The van der Waals surface area contributed by atoms with Gasteiger partial charge >= 0.3 is 0 Å². The molecular formula is C16H24N2O3. The molecule has 1 aliphatic heterocycles. The van der Waals surface area contributed by atoms with Crippen molar-refractivity contribution in [3.05, 3.63) is 23.8 Å². The zero-order valence-corrected chi connectivity index (χ0v) is 13.0. The Bertz CT molecular complexity index is 502. The van der Waals surface area contributed by atoms with Gasteiger partial charge in [-0.05, 0) is 51.2 Å². The van der Waals surface area contributed by atoms with Crippen LogP contribution in [0.1, 0.15) is 25.3 Å². The normalized spacial score (nSPS) is 17.9. The minimum atomic E-state index is -0.406. The summed E-state index contributed by atoms with van der Waals surface area (Å²) in [7, 11) is 4.04. The second-order valence-electron chi connectivity index (χ2n) is 5.62. The maximum atomic E-state index is 12.5. The van der Waals surface area contributed by atoms with Gasteiger partial charge in [0.15, 0.2) is 6.10 Å². The molecule has 0 saturated carbocycles. The SMILES string of the molecule is CCC1Oc2ccc(CO)cc2N(CCCN(C)C)C1=O. The number of benzene rings is 1. The largest absolute Gasteiger partial charge is 0.478 e. The fraction of sp³-hybridized carbons (Fsp3) is 0.562. The van der Waals surface area contributed by atoms with Gasteiger partial charge in [-0.25, -0.2) is 0 Å². The maximum absolute atomic E-state index is 12.5. The van der Waals surface area contributed by atoms with E-state index in [1.807, 2.05) is 39.2 Å². The predicted molar refractivity (Wildman–Crippen MR) is 82.6 cm³/mol. The molecule has 0 spiro atoms. The average Bonchev–Trinajstić information content (AvgIpc) is 2.48. The van der Waals surface area contributed by atoms with E-state index in [9.17, 15) is 9.90 Å². The van der Waals surface area contributed by atoms with Gasteiger partial charge in [-0.1, -0.05) is 13.0 Å². The summed E-state index contributed by atoms with van der Waals surface area (Å²) in [6.07, 6.45) is 1.15. The first kappa shape index (κ1) is 15.8. The van der Waals surface area contributed by atoms with Crippen molar-refractivity contribution in [3.63, 3.8) is 0 Å². The molecule has 21 heavy (non-hydrogen) atoms. The van der Waals surface area contributed by atoms with E-state index in [-0.39, 0.29) is 12.5 Å². The monoisotopic (exact) mass is 292 g/mol. The van der Waals surface area contributed by atoms with Gasteiger partial charge in [0.05, 0.1) is 12.3 Å². The van der Waals surface area contributed by atoms with Gasteiger partial charge in [-0.2, -0.15) is 0 Å². The van der Waals surface area contributed by atoms with Crippen molar-refractivity contribution in [1.29, 1.82) is 0 Å². The molecule has 1 aromatic rings. The minimum Gasteiger partial charge on any atom is -0.478 e. The van der Waals surface area contributed by atoms with E-state index in [1.165, 1.54) is 0 Å². The molecule has 2 rings (SSSR count). The van der Waals surface area contributed by atoms with Crippen molar-refractivity contribution >= 4 is 11.6 Å². The average molecular weight is 292 g/mol. The van der Waals surface area contributed by atoms with E-state index in [0.29, 0.717) is 13.0 Å². The highest BCUT2D eigenvalue weighted by Crippen LogP contribution is 2.35. The number of hydrogen-bond donors (Lipinski definition) is 1. The number of hydrogen-bond acceptors (Lipinski definition) is 4. The second-order valence-corrected chi connectivity index (χ2v) is 5.62. The molecule has 1 N–H and O–H groups in total. The van der Waals surface area contributed by atoms with E-state index >= 15 is 0 Å². The van der Waals surface area contributed by atoms with Crippen LogP contribution in [0.25, 0.3) is 0 Å². The molecule has 0 aliphatic carbocycles. The first-order valence-corrected chi connectivity index (χ1v) is 7.43. The van der Waals surface area contributed by atoms with Gasteiger partial charge in [0.1, 0.15) is 5.75 Å². The molecule has 5 nitrogen and oxygen atoms in total. The quantitative estimate of drug-likeness (QED) is 0.866. The van der Waals surface area contributed by atoms with Gasteiger partial charge < -0.3 is 19.6 Å². The van der Waals surface area contributed by atoms with E-state index in [1.54, 1.807) is 4.90 Å². The molecule has 5 heteroatoms. The van der Waals surface area contributed by atoms with Crippen LogP contribution in [0.15, 0.2) is 18.2 Å². The van der Waals surface area contributed by atoms with Crippen molar-refractivity contribution in [2.24, 2.45) is 0 Å².